The summed E-state index contributed by atoms with van der Waals surface area (Å²) in [5.41, 5.74) is 4.74. The molecule has 0 spiro atoms. The van der Waals surface area contributed by atoms with Crippen LogP contribution in [0.2, 0.25) is 6.32 Å². The summed E-state index contributed by atoms with van der Waals surface area (Å²) in [6, 6.07) is 7.20. The predicted octanol–water partition coefficient (Wildman–Crippen LogP) is 4.97. The number of benzene rings is 1. The molecule has 1 aromatic rings. The fraction of sp³-hybridized carbons (Fsp3) is 0.571. The number of carbonyl (C=O) groups excluding carboxylic acids is 2. The van der Waals surface area contributed by atoms with Crippen LogP contribution in [0.15, 0.2) is 41.0 Å². The van der Waals surface area contributed by atoms with Gasteiger partial charge in [0.2, 0.25) is 11.8 Å². The van der Waals surface area contributed by atoms with Crippen molar-refractivity contribution in [1.29, 1.82) is 0 Å². The Labute approximate surface area is 209 Å². The molecule has 188 valence electrons. The third-order valence-electron chi connectivity index (χ3n) is 7.84. The topological polar surface area (TPSA) is 87.1 Å². The SMILES string of the molecule is CCC/C(=C\c1ccc(O)cc1)CC[C@H]1OB(O)C[C@H]2C1=C(CC)C[C@H]1C(=O)N(CCC)C(=O)[C@H]12. The highest BCUT2D eigenvalue weighted by Gasteiger charge is 2.56. The van der Waals surface area contributed by atoms with E-state index in [2.05, 4.69) is 19.9 Å². The van der Waals surface area contributed by atoms with Crippen molar-refractivity contribution in [2.75, 3.05) is 6.54 Å². The molecule has 4 rings (SSSR count). The minimum Gasteiger partial charge on any atom is -0.508 e. The van der Waals surface area contributed by atoms with Crippen molar-refractivity contribution in [3.05, 3.63) is 46.5 Å². The first-order valence-electron chi connectivity index (χ1n) is 13.3. The standard InChI is InChI=1S/C28H38BNO5/c1-4-7-18(15-19-8-11-21(31)12-9-19)10-13-24-25-20(6-3)16-22-26(23(25)17-29(34)35-24)28(33)30(14-5-2)27(22)32/h8-9,11-12,15,22-24,26,31,34H,4-7,10,13-14,16-17H2,1-3H3/b18-15+/t22-,23+,24-,26-/m1/s1. The van der Waals surface area contributed by atoms with E-state index in [4.69, 9.17) is 4.65 Å². The Bertz CT molecular complexity index is 1000. The van der Waals surface area contributed by atoms with E-state index >= 15 is 0 Å². The highest BCUT2D eigenvalue weighted by molar-refractivity contribution is 6.43. The van der Waals surface area contributed by atoms with E-state index in [0.29, 0.717) is 19.3 Å². The summed E-state index contributed by atoms with van der Waals surface area (Å²) < 4.78 is 6.09. The number of nitrogens with zero attached hydrogens (tertiary/aromatic N) is 1. The number of fused-ring (bicyclic) bond motifs is 3. The quantitative estimate of drug-likeness (QED) is 0.297. The molecular formula is C28H38BNO5. The van der Waals surface area contributed by atoms with Crippen molar-refractivity contribution in [3.63, 3.8) is 0 Å². The lowest BCUT2D eigenvalue weighted by atomic mass is 9.58. The van der Waals surface area contributed by atoms with Crippen molar-refractivity contribution in [3.8, 4) is 5.75 Å². The number of imide groups is 1. The maximum atomic E-state index is 13.3. The number of phenols is 1. The molecule has 2 amide bonds. The van der Waals surface area contributed by atoms with Crippen LogP contribution in [0, 0.1) is 17.8 Å². The van der Waals surface area contributed by atoms with Crippen LogP contribution in [0.4, 0.5) is 0 Å². The number of allylic oxidation sites excluding steroid dienone is 2. The van der Waals surface area contributed by atoms with Gasteiger partial charge in [-0.3, -0.25) is 14.5 Å². The van der Waals surface area contributed by atoms with Crippen LogP contribution in [-0.2, 0) is 14.2 Å². The normalized spacial score (nSPS) is 26.9. The molecule has 2 aliphatic heterocycles. The number of hydrogen-bond donors (Lipinski definition) is 2. The largest absolute Gasteiger partial charge is 0.508 e. The van der Waals surface area contributed by atoms with Crippen LogP contribution in [0.3, 0.4) is 0 Å². The Morgan fingerprint density at radius 2 is 1.83 bits per heavy atom. The molecule has 2 saturated heterocycles. The first-order valence-corrected chi connectivity index (χ1v) is 13.3. The zero-order valence-electron chi connectivity index (χ0n) is 21.2. The summed E-state index contributed by atoms with van der Waals surface area (Å²) in [6.07, 6.45) is 8.04. The van der Waals surface area contributed by atoms with Gasteiger partial charge in [0.1, 0.15) is 5.75 Å². The van der Waals surface area contributed by atoms with E-state index in [-0.39, 0.29) is 41.4 Å². The molecule has 0 saturated carbocycles. The minimum atomic E-state index is -0.926. The van der Waals surface area contributed by atoms with Gasteiger partial charge >= 0.3 is 7.12 Å². The molecule has 35 heavy (non-hydrogen) atoms. The van der Waals surface area contributed by atoms with Crippen LogP contribution in [0.25, 0.3) is 6.08 Å². The number of rotatable bonds is 9. The molecule has 0 aromatic heterocycles. The number of aromatic hydroxyl groups is 1. The lowest BCUT2D eigenvalue weighted by molar-refractivity contribution is -0.140. The van der Waals surface area contributed by atoms with Gasteiger partial charge in [-0.1, -0.05) is 56.5 Å². The maximum Gasteiger partial charge on any atom is 0.455 e. The summed E-state index contributed by atoms with van der Waals surface area (Å²) >= 11 is 0. The molecule has 0 bridgehead atoms. The van der Waals surface area contributed by atoms with E-state index in [1.54, 1.807) is 12.1 Å². The van der Waals surface area contributed by atoms with Gasteiger partial charge in [0.05, 0.1) is 17.9 Å². The van der Waals surface area contributed by atoms with Gasteiger partial charge in [-0.2, -0.15) is 0 Å². The summed E-state index contributed by atoms with van der Waals surface area (Å²) in [5, 5.41) is 20.2. The molecule has 2 fully saturated rings. The monoisotopic (exact) mass is 479 g/mol. The summed E-state index contributed by atoms with van der Waals surface area (Å²) in [6.45, 7) is 6.72. The van der Waals surface area contributed by atoms with E-state index in [1.807, 2.05) is 19.1 Å². The molecule has 1 aliphatic carbocycles. The first kappa shape index (κ1) is 25.7. The Morgan fingerprint density at radius 3 is 2.49 bits per heavy atom. The average molecular weight is 479 g/mol. The second-order valence-corrected chi connectivity index (χ2v) is 10.2. The number of phenolic OH excluding ortho intramolecular Hbond substituents is 1. The summed E-state index contributed by atoms with van der Waals surface area (Å²) in [7, 11) is -0.926. The van der Waals surface area contributed by atoms with Crippen LogP contribution >= 0.6 is 0 Å². The third kappa shape index (κ3) is 5.26. The fourth-order valence-electron chi connectivity index (χ4n) is 6.33. The molecule has 3 aliphatic rings. The Kier molecular flexibility index (Phi) is 8.18. The van der Waals surface area contributed by atoms with Gasteiger partial charge in [-0.15, -0.1) is 0 Å². The summed E-state index contributed by atoms with van der Waals surface area (Å²) in [4.78, 5) is 27.9. The van der Waals surface area contributed by atoms with Crippen molar-refractivity contribution in [2.24, 2.45) is 17.8 Å². The Hall–Kier alpha value is -2.38. The lowest BCUT2D eigenvalue weighted by Gasteiger charge is -2.43. The third-order valence-corrected chi connectivity index (χ3v) is 7.84. The number of likely N-dealkylation sites (tertiary alicyclic amines) is 1. The zero-order chi connectivity index (χ0) is 25.1. The average Bonchev–Trinajstić information content (AvgIpc) is 3.08. The van der Waals surface area contributed by atoms with Gasteiger partial charge in [-0.05, 0) is 74.0 Å². The molecule has 0 radical (unpaired) electrons. The molecule has 2 N–H and O–H groups in total. The molecule has 7 heteroatoms. The smallest absolute Gasteiger partial charge is 0.455 e. The zero-order valence-corrected chi connectivity index (χ0v) is 21.2. The molecule has 1 aromatic carbocycles. The Balaban J connectivity index is 1.59. The van der Waals surface area contributed by atoms with E-state index in [9.17, 15) is 19.7 Å². The van der Waals surface area contributed by atoms with Crippen LogP contribution in [0.5, 0.6) is 5.75 Å². The number of carbonyl (C=O) groups is 2. The van der Waals surface area contributed by atoms with Gasteiger partial charge in [-0.25, -0.2) is 0 Å². The molecule has 0 unspecified atom stereocenters. The Morgan fingerprint density at radius 1 is 1.09 bits per heavy atom. The van der Waals surface area contributed by atoms with E-state index in [1.165, 1.54) is 21.6 Å². The van der Waals surface area contributed by atoms with Gasteiger partial charge in [0.15, 0.2) is 0 Å². The number of hydrogen-bond acceptors (Lipinski definition) is 5. The predicted molar refractivity (Wildman–Crippen MR) is 137 cm³/mol. The van der Waals surface area contributed by atoms with Crippen LogP contribution in [-0.4, -0.2) is 46.6 Å². The molecule has 4 atom stereocenters. The van der Waals surface area contributed by atoms with Crippen molar-refractivity contribution in [2.45, 2.75) is 78.1 Å². The second kappa shape index (κ2) is 11.1. The first-order chi connectivity index (χ1) is 16.9. The van der Waals surface area contributed by atoms with Gasteiger partial charge < -0.3 is 14.8 Å². The second-order valence-electron chi connectivity index (χ2n) is 10.2. The highest BCUT2D eigenvalue weighted by Crippen LogP contribution is 2.51. The minimum absolute atomic E-state index is 0.0357. The fourth-order valence-corrected chi connectivity index (χ4v) is 6.33. The molecular weight excluding hydrogens is 441 g/mol. The van der Waals surface area contributed by atoms with Crippen molar-refractivity contribution < 1.29 is 24.4 Å². The van der Waals surface area contributed by atoms with Crippen LogP contribution < -0.4 is 0 Å². The van der Waals surface area contributed by atoms with Crippen molar-refractivity contribution >= 4 is 25.0 Å². The van der Waals surface area contributed by atoms with Gasteiger partial charge in [0, 0.05) is 6.54 Å². The van der Waals surface area contributed by atoms with Gasteiger partial charge in [0.25, 0.3) is 0 Å². The van der Waals surface area contributed by atoms with E-state index < -0.39 is 7.12 Å². The van der Waals surface area contributed by atoms with Crippen molar-refractivity contribution in [1.82, 2.24) is 4.90 Å². The number of amides is 2. The molecule has 2 heterocycles. The maximum absolute atomic E-state index is 13.3. The van der Waals surface area contributed by atoms with E-state index in [0.717, 1.165) is 44.1 Å². The van der Waals surface area contributed by atoms with Crippen LogP contribution in [0.1, 0.15) is 71.3 Å². The molecule has 6 nitrogen and oxygen atoms in total. The highest BCUT2D eigenvalue weighted by atomic mass is 16.5. The lowest BCUT2D eigenvalue weighted by Crippen LogP contribution is -2.46. The summed E-state index contributed by atoms with van der Waals surface area (Å²) in [5.74, 6) is -0.650.